The molecule has 34 heavy (non-hydrogen) atoms. The standard InChI is InChI=1S/C29H42N2O3/c1-4-5-7-22-10-13-24(14-11-22)25-8-6-9-26(20-25)31-27(21-32)18-23-12-15-28(29(19-23)33-3)34-17-16-30-2/h6,8-9,12,15,19-22,24,27,30-31H,4-5,7,10-11,13-14,16-18H2,1-3H3. The predicted octanol–water partition coefficient (Wildman–Crippen LogP) is 5.98. The topological polar surface area (TPSA) is 59.6 Å². The third-order valence-electron chi connectivity index (χ3n) is 6.98. The SMILES string of the molecule is CCCCC1CCC(c2cccc(NC(C=O)Cc3ccc(OCCNC)c(OC)c3)c2)CC1. The zero-order chi connectivity index (χ0) is 24.2. The van der Waals surface area contributed by atoms with Gasteiger partial charge in [-0.25, -0.2) is 0 Å². The molecular formula is C29H42N2O3. The van der Waals surface area contributed by atoms with E-state index >= 15 is 0 Å². The van der Waals surface area contributed by atoms with Crippen molar-refractivity contribution in [2.45, 2.75) is 70.3 Å². The van der Waals surface area contributed by atoms with Crippen molar-refractivity contribution in [3.63, 3.8) is 0 Å². The molecule has 0 saturated heterocycles. The highest BCUT2D eigenvalue weighted by molar-refractivity contribution is 5.65. The van der Waals surface area contributed by atoms with Crippen LogP contribution < -0.4 is 20.1 Å². The Morgan fingerprint density at radius 1 is 1.09 bits per heavy atom. The Balaban J connectivity index is 1.59. The van der Waals surface area contributed by atoms with Crippen LogP contribution >= 0.6 is 0 Å². The minimum atomic E-state index is -0.305. The fourth-order valence-corrected chi connectivity index (χ4v) is 4.98. The summed E-state index contributed by atoms with van der Waals surface area (Å²) in [7, 11) is 3.54. The van der Waals surface area contributed by atoms with Gasteiger partial charge in [0.05, 0.1) is 13.2 Å². The van der Waals surface area contributed by atoms with E-state index in [0.717, 1.165) is 30.0 Å². The van der Waals surface area contributed by atoms with Crippen LogP contribution in [0.3, 0.4) is 0 Å². The van der Waals surface area contributed by atoms with Crippen molar-refractivity contribution in [3.05, 3.63) is 53.6 Å². The molecule has 0 bridgehead atoms. The molecule has 0 aliphatic heterocycles. The molecule has 0 radical (unpaired) electrons. The smallest absolute Gasteiger partial charge is 0.161 e. The Bertz CT molecular complexity index is 877. The van der Waals surface area contributed by atoms with Crippen molar-refractivity contribution < 1.29 is 14.3 Å². The van der Waals surface area contributed by atoms with Gasteiger partial charge >= 0.3 is 0 Å². The largest absolute Gasteiger partial charge is 0.493 e. The Labute approximate surface area is 205 Å². The number of likely N-dealkylation sites (N-methyl/N-ethyl adjacent to an activating group) is 1. The molecule has 2 N–H and O–H groups in total. The third-order valence-corrected chi connectivity index (χ3v) is 6.98. The number of carbonyl (C=O) groups excluding carboxylic acids is 1. The fourth-order valence-electron chi connectivity index (χ4n) is 4.98. The molecule has 0 aromatic heterocycles. The van der Waals surface area contributed by atoms with Crippen LogP contribution in [0.2, 0.25) is 0 Å². The van der Waals surface area contributed by atoms with Crippen molar-refractivity contribution in [2.24, 2.45) is 5.92 Å². The fraction of sp³-hybridized carbons (Fsp3) is 0.552. The van der Waals surface area contributed by atoms with Gasteiger partial charge in [-0.1, -0.05) is 44.4 Å². The van der Waals surface area contributed by atoms with Gasteiger partial charge in [-0.15, -0.1) is 0 Å². The maximum absolute atomic E-state index is 11.9. The Morgan fingerprint density at radius 3 is 2.62 bits per heavy atom. The molecule has 1 unspecified atom stereocenters. The second-order valence-electron chi connectivity index (χ2n) is 9.51. The first kappa shape index (κ1) is 26.1. The number of benzene rings is 2. The van der Waals surface area contributed by atoms with E-state index in [2.05, 4.69) is 41.8 Å². The van der Waals surface area contributed by atoms with Crippen LogP contribution in [0.5, 0.6) is 11.5 Å². The number of unbranched alkanes of at least 4 members (excludes halogenated alkanes) is 1. The Kier molecular flexibility index (Phi) is 10.7. The summed E-state index contributed by atoms with van der Waals surface area (Å²) >= 11 is 0. The zero-order valence-corrected chi connectivity index (χ0v) is 21.1. The number of anilines is 1. The van der Waals surface area contributed by atoms with E-state index in [0.29, 0.717) is 30.4 Å². The molecule has 5 heteroatoms. The quantitative estimate of drug-likeness (QED) is 0.265. The van der Waals surface area contributed by atoms with Crippen molar-refractivity contribution in [3.8, 4) is 11.5 Å². The van der Waals surface area contributed by atoms with E-state index in [1.165, 1.54) is 50.5 Å². The van der Waals surface area contributed by atoms with Crippen LogP contribution in [-0.4, -0.2) is 39.6 Å². The summed E-state index contributed by atoms with van der Waals surface area (Å²) in [6.45, 7) is 3.62. The average Bonchev–Trinajstić information content (AvgIpc) is 2.88. The first-order valence-corrected chi connectivity index (χ1v) is 12.9. The maximum Gasteiger partial charge on any atom is 0.161 e. The lowest BCUT2D eigenvalue weighted by atomic mass is 9.77. The first-order valence-electron chi connectivity index (χ1n) is 12.9. The molecule has 1 atom stereocenters. The highest BCUT2D eigenvalue weighted by atomic mass is 16.5. The summed E-state index contributed by atoms with van der Waals surface area (Å²) in [6, 6.07) is 14.2. The molecule has 1 aliphatic carbocycles. The summed E-state index contributed by atoms with van der Waals surface area (Å²) in [5, 5.41) is 6.50. The van der Waals surface area contributed by atoms with Crippen LogP contribution in [0.4, 0.5) is 5.69 Å². The van der Waals surface area contributed by atoms with Crippen LogP contribution in [0.15, 0.2) is 42.5 Å². The van der Waals surface area contributed by atoms with E-state index in [1.807, 2.05) is 25.2 Å². The van der Waals surface area contributed by atoms with E-state index in [9.17, 15) is 4.79 Å². The number of aldehydes is 1. The van der Waals surface area contributed by atoms with Gasteiger partial charge < -0.3 is 24.9 Å². The molecule has 0 heterocycles. The van der Waals surface area contributed by atoms with Crippen LogP contribution in [0.1, 0.15) is 68.9 Å². The molecule has 186 valence electrons. The molecule has 0 amide bonds. The second-order valence-corrected chi connectivity index (χ2v) is 9.51. The van der Waals surface area contributed by atoms with Crippen LogP contribution in [0, 0.1) is 5.92 Å². The molecule has 2 aromatic carbocycles. The molecule has 1 fully saturated rings. The van der Waals surface area contributed by atoms with Crippen molar-refractivity contribution in [1.82, 2.24) is 5.32 Å². The molecular weight excluding hydrogens is 424 g/mol. The monoisotopic (exact) mass is 466 g/mol. The molecule has 1 saturated carbocycles. The third kappa shape index (κ3) is 7.76. The summed E-state index contributed by atoms with van der Waals surface area (Å²) in [5.41, 5.74) is 3.44. The summed E-state index contributed by atoms with van der Waals surface area (Å²) < 4.78 is 11.3. The number of ether oxygens (including phenoxy) is 2. The van der Waals surface area contributed by atoms with Gasteiger partial charge in [0.2, 0.25) is 0 Å². The number of carbonyl (C=O) groups is 1. The number of methoxy groups -OCH3 is 1. The zero-order valence-electron chi connectivity index (χ0n) is 21.1. The molecule has 2 aromatic rings. The van der Waals surface area contributed by atoms with Gasteiger partial charge in [-0.3, -0.25) is 0 Å². The molecule has 0 spiro atoms. The lowest BCUT2D eigenvalue weighted by Gasteiger charge is -2.29. The average molecular weight is 467 g/mol. The van der Waals surface area contributed by atoms with Gasteiger partial charge in [0.1, 0.15) is 12.9 Å². The van der Waals surface area contributed by atoms with Crippen molar-refractivity contribution in [1.29, 1.82) is 0 Å². The molecule has 1 aliphatic rings. The first-order chi connectivity index (χ1) is 16.7. The Hall–Kier alpha value is -2.53. The second kappa shape index (κ2) is 14.0. The summed E-state index contributed by atoms with van der Waals surface area (Å²) in [5.74, 6) is 2.95. The predicted molar refractivity (Wildman–Crippen MR) is 140 cm³/mol. The van der Waals surface area contributed by atoms with Gasteiger partial charge in [0, 0.05) is 12.2 Å². The minimum absolute atomic E-state index is 0.305. The van der Waals surface area contributed by atoms with E-state index < -0.39 is 0 Å². The highest BCUT2D eigenvalue weighted by Gasteiger charge is 2.22. The molecule has 5 nitrogen and oxygen atoms in total. The number of hydrogen-bond donors (Lipinski definition) is 2. The summed E-state index contributed by atoms with van der Waals surface area (Å²) in [6.07, 6.45) is 10.9. The van der Waals surface area contributed by atoms with Gasteiger partial charge in [-0.05, 0) is 86.4 Å². The van der Waals surface area contributed by atoms with E-state index in [1.54, 1.807) is 7.11 Å². The lowest BCUT2D eigenvalue weighted by molar-refractivity contribution is -0.108. The van der Waals surface area contributed by atoms with Crippen LogP contribution in [-0.2, 0) is 11.2 Å². The Morgan fingerprint density at radius 2 is 1.91 bits per heavy atom. The minimum Gasteiger partial charge on any atom is -0.493 e. The van der Waals surface area contributed by atoms with Crippen LogP contribution in [0.25, 0.3) is 0 Å². The van der Waals surface area contributed by atoms with Gasteiger partial charge in [-0.2, -0.15) is 0 Å². The molecule has 3 rings (SSSR count). The summed E-state index contributed by atoms with van der Waals surface area (Å²) in [4.78, 5) is 11.9. The van der Waals surface area contributed by atoms with Crippen molar-refractivity contribution in [2.75, 3.05) is 32.6 Å². The van der Waals surface area contributed by atoms with Gasteiger partial charge in [0.15, 0.2) is 11.5 Å². The van der Waals surface area contributed by atoms with Crippen molar-refractivity contribution >= 4 is 12.0 Å². The van der Waals surface area contributed by atoms with E-state index in [4.69, 9.17) is 9.47 Å². The lowest BCUT2D eigenvalue weighted by Crippen LogP contribution is -2.24. The maximum atomic E-state index is 11.9. The highest BCUT2D eigenvalue weighted by Crippen LogP contribution is 2.38. The normalized spacial score (nSPS) is 18.8. The number of rotatable bonds is 14. The van der Waals surface area contributed by atoms with Gasteiger partial charge in [0.25, 0.3) is 0 Å². The van der Waals surface area contributed by atoms with E-state index in [-0.39, 0.29) is 6.04 Å². The number of hydrogen-bond acceptors (Lipinski definition) is 5. The number of nitrogens with one attached hydrogen (secondary N) is 2.